The lowest BCUT2D eigenvalue weighted by molar-refractivity contribution is 0.552. The summed E-state index contributed by atoms with van der Waals surface area (Å²) in [4.78, 5) is 8.51. The predicted octanol–water partition coefficient (Wildman–Crippen LogP) is 2.58. The Morgan fingerprint density at radius 3 is 2.52 bits per heavy atom. The molecule has 1 N–H and O–H groups in total. The molecule has 21 heavy (non-hydrogen) atoms. The topological polar surface area (TPSA) is 45.2 Å². The summed E-state index contributed by atoms with van der Waals surface area (Å²) in [6, 6.07) is 0. The van der Waals surface area contributed by atoms with Crippen LogP contribution in [-0.2, 0) is 17.3 Å². The monoisotopic (exact) mass is 329 g/mol. The number of aromatic nitrogens is 1. The zero-order valence-corrected chi connectivity index (χ0v) is 15.1. The van der Waals surface area contributed by atoms with E-state index < -0.39 is 10.8 Å². The van der Waals surface area contributed by atoms with Gasteiger partial charge in [0.15, 0.2) is 5.13 Å². The minimum absolute atomic E-state index is 0.449. The molecule has 2 heterocycles. The van der Waals surface area contributed by atoms with E-state index in [0.717, 1.165) is 42.8 Å². The average molecular weight is 330 g/mol. The minimum Gasteiger partial charge on any atom is -0.346 e. The van der Waals surface area contributed by atoms with Crippen molar-refractivity contribution in [3.8, 4) is 0 Å². The molecule has 1 saturated heterocycles. The van der Waals surface area contributed by atoms with Gasteiger partial charge in [0.25, 0.3) is 0 Å². The van der Waals surface area contributed by atoms with Crippen molar-refractivity contribution in [1.29, 1.82) is 0 Å². The van der Waals surface area contributed by atoms with Gasteiger partial charge in [-0.05, 0) is 18.4 Å². The fourth-order valence-electron chi connectivity index (χ4n) is 2.37. The van der Waals surface area contributed by atoms with E-state index in [0.29, 0.717) is 11.8 Å². The fraction of sp³-hybridized carbons (Fsp3) is 0.800. The second kappa shape index (κ2) is 7.70. The van der Waals surface area contributed by atoms with Crippen LogP contribution >= 0.6 is 11.3 Å². The van der Waals surface area contributed by atoms with Crippen molar-refractivity contribution in [2.24, 2.45) is 5.92 Å². The molecule has 1 aliphatic heterocycles. The molecule has 2 rings (SSSR count). The Hall–Kier alpha value is -0.460. The van der Waals surface area contributed by atoms with Crippen molar-refractivity contribution in [2.45, 2.75) is 40.2 Å². The molecule has 0 radical (unpaired) electrons. The largest absolute Gasteiger partial charge is 0.346 e. The van der Waals surface area contributed by atoms with Gasteiger partial charge in [-0.1, -0.05) is 27.7 Å². The van der Waals surface area contributed by atoms with E-state index in [2.05, 4.69) is 37.9 Å². The van der Waals surface area contributed by atoms with Crippen LogP contribution in [0.2, 0.25) is 0 Å². The van der Waals surface area contributed by atoms with Gasteiger partial charge in [0.05, 0.1) is 5.69 Å². The number of nitrogens with zero attached hydrogens (tertiary/aromatic N) is 2. The number of thiazole rings is 1. The Bertz CT molecular complexity index is 475. The number of nitrogens with one attached hydrogen (secondary N) is 1. The molecule has 4 nitrogen and oxygen atoms in total. The molecule has 0 bridgehead atoms. The molecule has 0 saturated carbocycles. The third-order valence-corrected chi connectivity index (χ3v) is 5.96. The summed E-state index contributed by atoms with van der Waals surface area (Å²) in [5.74, 6) is 2.66. The maximum absolute atomic E-state index is 11.5. The fourth-order valence-corrected chi connectivity index (χ4v) is 4.66. The zero-order valence-electron chi connectivity index (χ0n) is 13.5. The van der Waals surface area contributed by atoms with E-state index >= 15 is 0 Å². The minimum atomic E-state index is -0.629. The Balaban J connectivity index is 2.07. The van der Waals surface area contributed by atoms with Gasteiger partial charge in [-0.2, -0.15) is 0 Å². The van der Waals surface area contributed by atoms with Crippen molar-refractivity contribution in [1.82, 2.24) is 10.3 Å². The van der Waals surface area contributed by atoms with E-state index in [-0.39, 0.29) is 0 Å². The standard InChI is InChI=1S/C15H27N3OS2/c1-11(2)9-16-10-13-14(12(3)4)17-15(20-13)18-5-7-21(19)8-6-18/h11-12,16H,5-10H2,1-4H3. The highest BCUT2D eigenvalue weighted by Gasteiger charge is 2.21. The van der Waals surface area contributed by atoms with Crippen LogP contribution in [0, 0.1) is 5.92 Å². The van der Waals surface area contributed by atoms with E-state index in [4.69, 9.17) is 4.98 Å². The number of rotatable bonds is 6. The van der Waals surface area contributed by atoms with Gasteiger partial charge < -0.3 is 10.2 Å². The van der Waals surface area contributed by atoms with Crippen LogP contribution in [0.4, 0.5) is 5.13 Å². The van der Waals surface area contributed by atoms with E-state index in [1.54, 1.807) is 11.3 Å². The van der Waals surface area contributed by atoms with Gasteiger partial charge in [-0.15, -0.1) is 11.3 Å². The third kappa shape index (κ3) is 4.76. The second-order valence-corrected chi connectivity index (χ2v) is 9.08. The lowest BCUT2D eigenvalue weighted by Gasteiger charge is -2.25. The quantitative estimate of drug-likeness (QED) is 0.871. The molecule has 0 spiro atoms. The van der Waals surface area contributed by atoms with Crippen LogP contribution in [0.15, 0.2) is 0 Å². The van der Waals surface area contributed by atoms with Crippen molar-refractivity contribution < 1.29 is 4.21 Å². The first-order valence-corrected chi connectivity index (χ1v) is 10.1. The van der Waals surface area contributed by atoms with Crippen LogP contribution in [0.25, 0.3) is 0 Å². The van der Waals surface area contributed by atoms with Crippen LogP contribution in [-0.4, -0.2) is 40.3 Å². The molecule has 1 aromatic rings. The summed E-state index contributed by atoms with van der Waals surface area (Å²) in [5.41, 5.74) is 1.22. The van der Waals surface area contributed by atoms with Gasteiger partial charge in [-0.25, -0.2) is 4.98 Å². The Morgan fingerprint density at radius 2 is 1.95 bits per heavy atom. The van der Waals surface area contributed by atoms with Crippen LogP contribution in [0.1, 0.15) is 44.2 Å². The highest BCUT2D eigenvalue weighted by Crippen LogP contribution is 2.31. The van der Waals surface area contributed by atoms with Gasteiger partial charge in [0.2, 0.25) is 0 Å². The molecule has 1 aliphatic rings. The molecule has 0 aromatic carbocycles. The number of hydrogen-bond acceptors (Lipinski definition) is 5. The molecule has 1 fully saturated rings. The van der Waals surface area contributed by atoms with E-state index in [9.17, 15) is 4.21 Å². The lowest BCUT2D eigenvalue weighted by atomic mass is 10.1. The average Bonchev–Trinajstić information content (AvgIpc) is 2.83. The van der Waals surface area contributed by atoms with Gasteiger partial charge in [0.1, 0.15) is 0 Å². The van der Waals surface area contributed by atoms with Gasteiger partial charge in [-0.3, -0.25) is 4.21 Å². The lowest BCUT2D eigenvalue weighted by Crippen LogP contribution is -2.37. The van der Waals surface area contributed by atoms with Crippen LogP contribution < -0.4 is 10.2 Å². The normalized spacial score (nSPS) is 17.1. The maximum Gasteiger partial charge on any atom is 0.185 e. The second-order valence-electron chi connectivity index (χ2n) is 6.32. The maximum atomic E-state index is 11.5. The summed E-state index contributed by atoms with van der Waals surface area (Å²) in [6.45, 7) is 12.5. The van der Waals surface area contributed by atoms with E-state index in [1.165, 1.54) is 10.6 Å². The summed E-state index contributed by atoms with van der Waals surface area (Å²) in [5, 5.41) is 4.63. The SMILES string of the molecule is CC(C)CNCc1sc(N2CCS(=O)CC2)nc1C(C)C. The van der Waals surface area contributed by atoms with Gasteiger partial charge in [0, 0.05) is 46.8 Å². The van der Waals surface area contributed by atoms with Crippen LogP contribution in [0.5, 0.6) is 0 Å². The molecular weight excluding hydrogens is 302 g/mol. The molecular formula is C15H27N3OS2. The van der Waals surface area contributed by atoms with E-state index in [1.807, 2.05) is 0 Å². The smallest absolute Gasteiger partial charge is 0.185 e. The molecule has 0 unspecified atom stereocenters. The molecule has 0 amide bonds. The van der Waals surface area contributed by atoms with Crippen LogP contribution in [0.3, 0.4) is 0 Å². The Labute approximate surface area is 134 Å². The molecule has 0 atom stereocenters. The predicted molar refractivity (Wildman–Crippen MR) is 92.8 cm³/mol. The Morgan fingerprint density at radius 1 is 1.29 bits per heavy atom. The molecule has 0 aliphatic carbocycles. The first-order valence-electron chi connectivity index (χ1n) is 7.77. The summed E-state index contributed by atoms with van der Waals surface area (Å²) in [7, 11) is -0.629. The van der Waals surface area contributed by atoms with Crippen molar-refractivity contribution >= 4 is 27.3 Å². The highest BCUT2D eigenvalue weighted by molar-refractivity contribution is 7.85. The summed E-state index contributed by atoms with van der Waals surface area (Å²) >= 11 is 1.80. The molecule has 120 valence electrons. The highest BCUT2D eigenvalue weighted by atomic mass is 32.2. The number of hydrogen-bond donors (Lipinski definition) is 1. The van der Waals surface area contributed by atoms with Crippen molar-refractivity contribution in [2.75, 3.05) is 36.0 Å². The third-order valence-electron chi connectivity index (χ3n) is 3.55. The zero-order chi connectivity index (χ0) is 15.4. The molecule has 1 aromatic heterocycles. The first-order chi connectivity index (χ1) is 9.97. The molecule has 6 heteroatoms. The number of anilines is 1. The van der Waals surface area contributed by atoms with Crippen molar-refractivity contribution in [3.05, 3.63) is 10.6 Å². The first kappa shape index (κ1) is 16.9. The summed E-state index contributed by atoms with van der Waals surface area (Å²) < 4.78 is 11.5. The Kier molecular flexibility index (Phi) is 6.20. The summed E-state index contributed by atoms with van der Waals surface area (Å²) in [6.07, 6.45) is 0. The van der Waals surface area contributed by atoms with Gasteiger partial charge >= 0.3 is 0 Å². The van der Waals surface area contributed by atoms with Crippen molar-refractivity contribution in [3.63, 3.8) is 0 Å².